The smallest absolute Gasteiger partial charge is 0.416 e. The minimum atomic E-state index is -4.41. The highest BCUT2D eigenvalue weighted by Crippen LogP contribution is 2.34. The van der Waals surface area contributed by atoms with E-state index in [4.69, 9.17) is 9.47 Å². The molecule has 3 aromatic rings. The van der Waals surface area contributed by atoms with E-state index in [1.54, 1.807) is 18.2 Å². The summed E-state index contributed by atoms with van der Waals surface area (Å²) < 4.78 is 76.5. The summed E-state index contributed by atoms with van der Waals surface area (Å²) in [4.78, 5) is 2.51. The number of benzene rings is 3. The van der Waals surface area contributed by atoms with Crippen LogP contribution in [0.15, 0.2) is 70.5 Å². The first-order valence-electron chi connectivity index (χ1n) is 11.7. The zero-order chi connectivity index (χ0) is 25.9. The van der Waals surface area contributed by atoms with Gasteiger partial charge in [-0.1, -0.05) is 12.1 Å². The predicted molar refractivity (Wildman–Crippen MR) is 130 cm³/mol. The number of fused-ring (bicyclic) bond motifs is 1. The lowest BCUT2D eigenvalue weighted by Crippen LogP contribution is -2.20. The van der Waals surface area contributed by atoms with Crippen molar-refractivity contribution in [3.63, 3.8) is 0 Å². The molecule has 4 rings (SSSR count). The fraction of sp³-hybridized carbons (Fsp3) is 0.333. The average Bonchev–Trinajstić information content (AvgIpc) is 3.03. The molecule has 0 atom stereocenters. The van der Waals surface area contributed by atoms with Crippen LogP contribution < -0.4 is 9.47 Å². The van der Waals surface area contributed by atoms with E-state index in [-0.39, 0.29) is 22.1 Å². The molecule has 1 aliphatic heterocycles. The number of halogens is 3. The van der Waals surface area contributed by atoms with Crippen molar-refractivity contribution in [2.24, 2.45) is 0 Å². The zero-order valence-electron chi connectivity index (χ0n) is 20.1. The highest BCUT2D eigenvalue weighted by molar-refractivity contribution is 7.91. The van der Waals surface area contributed by atoms with Crippen molar-refractivity contribution >= 4 is 9.84 Å². The Morgan fingerprint density at radius 3 is 2.08 bits per heavy atom. The summed E-state index contributed by atoms with van der Waals surface area (Å²) in [5.41, 5.74) is 2.06. The van der Waals surface area contributed by atoms with Gasteiger partial charge >= 0.3 is 6.18 Å². The monoisotopic (exact) mass is 519 g/mol. The van der Waals surface area contributed by atoms with Crippen LogP contribution >= 0.6 is 0 Å². The van der Waals surface area contributed by atoms with Crippen molar-refractivity contribution < 1.29 is 31.1 Å². The Labute approximate surface area is 209 Å². The summed E-state index contributed by atoms with van der Waals surface area (Å²) in [5, 5.41) is 0. The predicted octanol–water partition coefficient (Wildman–Crippen LogP) is 5.55. The van der Waals surface area contributed by atoms with Gasteiger partial charge in [-0.2, -0.15) is 13.2 Å². The number of sulfone groups is 1. The standard InChI is InChI=1S/C27H28F3NO4S/c1-3-34-25-16-20-12-14-31(2)15-13-21(20)17-26(25)36(32,33)24-10-4-19(5-11-24)18-35-23-8-6-22(7-9-23)27(28,29)30/h4-11,16-17H,3,12-15,18H2,1-2H3. The van der Waals surface area contributed by atoms with Gasteiger partial charge in [0.2, 0.25) is 9.84 Å². The molecule has 0 fully saturated rings. The van der Waals surface area contributed by atoms with Crippen LogP contribution in [0.2, 0.25) is 0 Å². The van der Waals surface area contributed by atoms with Crippen molar-refractivity contribution in [3.8, 4) is 11.5 Å². The normalized spacial score (nSPS) is 14.7. The Bertz CT molecular complexity index is 1300. The second-order valence-electron chi connectivity index (χ2n) is 8.76. The Morgan fingerprint density at radius 1 is 0.889 bits per heavy atom. The van der Waals surface area contributed by atoms with Crippen LogP contribution in [0.25, 0.3) is 0 Å². The van der Waals surface area contributed by atoms with Gasteiger partial charge in [0.25, 0.3) is 0 Å². The van der Waals surface area contributed by atoms with E-state index in [0.717, 1.165) is 49.2 Å². The summed E-state index contributed by atoms with van der Waals surface area (Å²) in [6, 6.07) is 14.3. The van der Waals surface area contributed by atoms with E-state index < -0.39 is 21.6 Å². The fourth-order valence-corrected chi connectivity index (χ4v) is 5.55. The van der Waals surface area contributed by atoms with E-state index in [1.807, 2.05) is 13.0 Å². The molecule has 0 aliphatic carbocycles. The van der Waals surface area contributed by atoms with Gasteiger partial charge in [-0.25, -0.2) is 8.42 Å². The molecule has 3 aromatic carbocycles. The summed E-state index contributed by atoms with van der Waals surface area (Å²) >= 11 is 0. The number of likely N-dealkylation sites (N-methyl/N-ethyl adjacent to an activating group) is 1. The molecule has 0 spiro atoms. The third kappa shape index (κ3) is 5.84. The van der Waals surface area contributed by atoms with E-state index in [9.17, 15) is 21.6 Å². The van der Waals surface area contributed by atoms with Gasteiger partial charge in [-0.15, -0.1) is 0 Å². The fourth-order valence-electron chi connectivity index (χ4n) is 4.12. The second kappa shape index (κ2) is 10.5. The first-order chi connectivity index (χ1) is 17.1. The van der Waals surface area contributed by atoms with Crippen LogP contribution in [0.1, 0.15) is 29.2 Å². The largest absolute Gasteiger partial charge is 0.492 e. The third-order valence-electron chi connectivity index (χ3n) is 6.20. The highest BCUT2D eigenvalue weighted by Gasteiger charge is 2.30. The molecule has 0 saturated carbocycles. The molecule has 1 aliphatic rings. The lowest BCUT2D eigenvalue weighted by molar-refractivity contribution is -0.137. The summed E-state index contributed by atoms with van der Waals surface area (Å²) in [7, 11) is -1.79. The maximum atomic E-state index is 13.6. The molecule has 1 heterocycles. The molecule has 0 amide bonds. The lowest BCUT2D eigenvalue weighted by atomic mass is 10.0. The van der Waals surface area contributed by atoms with Gasteiger partial charge in [0.05, 0.1) is 17.1 Å². The maximum absolute atomic E-state index is 13.6. The number of rotatable bonds is 7. The van der Waals surface area contributed by atoms with E-state index in [0.29, 0.717) is 17.9 Å². The van der Waals surface area contributed by atoms with Gasteiger partial charge in [0.15, 0.2) is 0 Å². The molecule has 0 unspecified atom stereocenters. The van der Waals surface area contributed by atoms with Gasteiger partial charge in [-0.3, -0.25) is 0 Å². The SMILES string of the molecule is CCOc1cc2c(cc1S(=O)(=O)c1ccc(COc3ccc(C(F)(F)F)cc3)cc1)CCN(C)CC2. The molecule has 0 radical (unpaired) electrons. The maximum Gasteiger partial charge on any atom is 0.416 e. The minimum absolute atomic E-state index is 0.0856. The van der Waals surface area contributed by atoms with Crippen LogP contribution in [-0.2, 0) is 35.5 Å². The van der Waals surface area contributed by atoms with Gasteiger partial charge in [0, 0.05) is 13.1 Å². The Morgan fingerprint density at radius 2 is 1.50 bits per heavy atom. The Hall–Kier alpha value is -3.04. The molecular weight excluding hydrogens is 491 g/mol. The van der Waals surface area contributed by atoms with E-state index >= 15 is 0 Å². The summed E-state index contributed by atoms with van der Waals surface area (Å²) in [6.07, 6.45) is -2.81. The quantitative estimate of drug-likeness (QED) is 0.410. The topological polar surface area (TPSA) is 55.8 Å². The van der Waals surface area contributed by atoms with Gasteiger partial charge in [0.1, 0.15) is 23.0 Å². The van der Waals surface area contributed by atoms with Crippen molar-refractivity contribution in [3.05, 3.63) is 82.9 Å². The van der Waals surface area contributed by atoms with Crippen LogP contribution in [0.5, 0.6) is 11.5 Å². The number of nitrogens with zero attached hydrogens (tertiary/aromatic N) is 1. The zero-order valence-corrected chi connectivity index (χ0v) is 21.0. The lowest BCUT2D eigenvalue weighted by Gasteiger charge is -2.16. The van der Waals surface area contributed by atoms with Gasteiger partial charge < -0.3 is 14.4 Å². The third-order valence-corrected chi connectivity index (χ3v) is 7.99. The van der Waals surface area contributed by atoms with Crippen molar-refractivity contribution in [1.82, 2.24) is 4.90 Å². The number of alkyl halides is 3. The highest BCUT2D eigenvalue weighted by atomic mass is 32.2. The van der Waals surface area contributed by atoms with Crippen molar-refractivity contribution in [2.75, 3.05) is 26.7 Å². The van der Waals surface area contributed by atoms with E-state index in [2.05, 4.69) is 11.9 Å². The number of hydrogen-bond donors (Lipinski definition) is 0. The Kier molecular flexibility index (Phi) is 7.61. The molecule has 36 heavy (non-hydrogen) atoms. The summed E-state index contributed by atoms with van der Waals surface area (Å²) in [5.74, 6) is 0.646. The first kappa shape index (κ1) is 26.0. The Balaban J connectivity index is 1.53. The first-order valence-corrected chi connectivity index (χ1v) is 13.2. The van der Waals surface area contributed by atoms with Crippen molar-refractivity contribution in [1.29, 1.82) is 0 Å². The summed E-state index contributed by atoms with van der Waals surface area (Å²) in [6.45, 7) is 4.01. The molecule has 0 aromatic heterocycles. The van der Waals surface area contributed by atoms with Crippen LogP contribution in [0, 0.1) is 0 Å². The molecular formula is C27H28F3NO4S. The average molecular weight is 520 g/mol. The second-order valence-corrected chi connectivity index (χ2v) is 10.7. The van der Waals surface area contributed by atoms with Crippen molar-refractivity contribution in [2.45, 2.75) is 42.3 Å². The molecule has 0 saturated heterocycles. The molecule has 192 valence electrons. The minimum Gasteiger partial charge on any atom is -0.492 e. The van der Waals surface area contributed by atoms with Crippen LogP contribution in [0.3, 0.4) is 0 Å². The van der Waals surface area contributed by atoms with E-state index in [1.165, 1.54) is 24.3 Å². The molecule has 0 N–H and O–H groups in total. The number of ether oxygens (including phenoxy) is 2. The van der Waals surface area contributed by atoms with Gasteiger partial charge in [-0.05, 0) is 92.0 Å². The number of hydrogen-bond acceptors (Lipinski definition) is 5. The molecule has 0 bridgehead atoms. The molecule has 5 nitrogen and oxygen atoms in total. The van der Waals surface area contributed by atoms with Crippen LogP contribution in [0.4, 0.5) is 13.2 Å². The molecule has 9 heteroatoms. The van der Waals surface area contributed by atoms with Crippen LogP contribution in [-0.4, -0.2) is 40.1 Å².